The summed E-state index contributed by atoms with van der Waals surface area (Å²) < 4.78 is 0. The van der Waals surface area contributed by atoms with Crippen LogP contribution >= 0.6 is 0 Å². The lowest BCUT2D eigenvalue weighted by Gasteiger charge is -2.28. The second kappa shape index (κ2) is 5.79. The highest BCUT2D eigenvalue weighted by molar-refractivity contribution is 5.94. The first-order chi connectivity index (χ1) is 12.7. The fourth-order valence-corrected chi connectivity index (χ4v) is 4.11. The molecule has 4 heterocycles. The maximum Gasteiger partial charge on any atom is 0.271 e. The summed E-state index contributed by atoms with van der Waals surface area (Å²) in [5.74, 6) is 1.10. The molecule has 0 bridgehead atoms. The largest absolute Gasteiger partial charge is 0.337 e. The van der Waals surface area contributed by atoms with E-state index in [0.717, 1.165) is 62.3 Å². The standard InChI is InChI=1S/C19H21N5O2/c25-18-14-6-5-13(11-15(14)21-22-18)24-9-3-4-12-10-16(20-17(12)24)19(26)23-7-1-2-8-23/h5-6,10-11,20H,1-4,7-9H2,(H2,21,22,25). The second-order valence-electron chi connectivity index (χ2n) is 7.12. The number of carbonyl (C=O) groups is 1. The third kappa shape index (κ3) is 2.34. The second-order valence-corrected chi connectivity index (χ2v) is 7.12. The Hall–Kier alpha value is -2.96. The molecule has 0 atom stereocenters. The Morgan fingerprint density at radius 1 is 1.00 bits per heavy atom. The van der Waals surface area contributed by atoms with Gasteiger partial charge in [-0.05, 0) is 55.5 Å². The Bertz CT molecular complexity index is 1040. The highest BCUT2D eigenvalue weighted by Gasteiger charge is 2.26. The minimum atomic E-state index is -0.107. The molecule has 1 amide bonds. The first-order valence-electron chi connectivity index (χ1n) is 9.20. The van der Waals surface area contributed by atoms with E-state index < -0.39 is 0 Å². The van der Waals surface area contributed by atoms with Crippen LogP contribution in [0.1, 0.15) is 35.3 Å². The number of aromatic amines is 3. The van der Waals surface area contributed by atoms with Gasteiger partial charge in [0.2, 0.25) is 0 Å². The lowest BCUT2D eigenvalue weighted by Crippen LogP contribution is -2.28. The van der Waals surface area contributed by atoms with E-state index >= 15 is 0 Å². The fourth-order valence-electron chi connectivity index (χ4n) is 4.11. The molecule has 134 valence electrons. The van der Waals surface area contributed by atoms with Crippen LogP contribution in [-0.2, 0) is 6.42 Å². The van der Waals surface area contributed by atoms with E-state index in [1.165, 1.54) is 5.56 Å². The zero-order chi connectivity index (χ0) is 17.7. The number of nitrogens with one attached hydrogen (secondary N) is 3. The maximum absolute atomic E-state index is 12.7. The van der Waals surface area contributed by atoms with Gasteiger partial charge in [0, 0.05) is 25.3 Å². The number of benzene rings is 1. The van der Waals surface area contributed by atoms with Crippen molar-refractivity contribution in [2.24, 2.45) is 0 Å². The third-order valence-corrected chi connectivity index (χ3v) is 5.47. The van der Waals surface area contributed by atoms with Crippen LogP contribution in [0.25, 0.3) is 10.9 Å². The van der Waals surface area contributed by atoms with Gasteiger partial charge < -0.3 is 14.8 Å². The number of amides is 1. The Morgan fingerprint density at radius 3 is 2.69 bits per heavy atom. The predicted molar refractivity (Wildman–Crippen MR) is 100 cm³/mol. The molecule has 0 unspecified atom stereocenters. The van der Waals surface area contributed by atoms with E-state index in [4.69, 9.17) is 0 Å². The van der Waals surface area contributed by atoms with Gasteiger partial charge in [-0.15, -0.1) is 0 Å². The van der Waals surface area contributed by atoms with Gasteiger partial charge >= 0.3 is 0 Å². The zero-order valence-electron chi connectivity index (χ0n) is 14.5. The van der Waals surface area contributed by atoms with E-state index in [0.29, 0.717) is 11.1 Å². The lowest BCUT2D eigenvalue weighted by molar-refractivity contribution is 0.0788. The molecule has 0 radical (unpaired) electrons. The summed E-state index contributed by atoms with van der Waals surface area (Å²) in [5, 5.41) is 6.19. The smallest absolute Gasteiger partial charge is 0.271 e. The van der Waals surface area contributed by atoms with Gasteiger partial charge in [-0.25, -0.2) is 0 Å². The van der Waals surface area contributed by atoms with Gasteiger partial charge in [0.15, 0.2) is 0 Å². The van der Waals surface area contributed by atoms with Gasteiger partial charge in [0.05, 0.1) is 10.9 Å². The summed E-state index contributed by atoms with van der Waals surface area (Å²) >= 11 is 0. The summed E-state index contributed by atoms with van der Waals surface area (Å²) in [6.07, 6.45) is 4.18. The molecule has 0 spiro atoms. The number of rotatable bonds is 2. The van der Waals surface area contributed by atoms with Gasteiger partial charge in [0.1, 0.15) is 11.5 Å². The van der Waals surface area contributed by atoms with Crippen LogP contribution in [0.5, 0.6) is 0 Å². The highest BCUT2D eigenvalue weighted by Crippen LogP contribution is 2.34. The number of anilines is 2. The monoisotopic (exact) mass is 351 g/mol. The SMILES string of the molecule is O=C(c1cc2c([nH]1)N(c1ccc3c(=O)[nH][nH]c3c1)CCC2)N1CCCC1. The molecule has 7 nitrogen and oxygen atoms in total. The topological polar surface area (TPSA) is 88.0 Å². The molecular weight excluding hydrogens is 330 g/mol. The van der Waals surface area contributed by atoms with E-state index in [2.05, 4.69) is 20.1 Å². The van der Waals surface area contributed by atoms with Crippen LogP contribution in [0.15, 0.2) is 29.1 Å². The molecule has 2 aliphatic heterocycles. The summed E-state index contributed by atoms with van der Waals surface area (Å²) in [5.41, 5.74) is 3.56. The predicted octanol–water partition coefficient (Wildman–Crippen LogP) is 2.50. The molecule has 3 aromatic rings. The number of likely N-dealkylation sites (tertiary alicyclic amines) is 1. The number of hydrogen-bond acceptors (Lipinski definition) is 3. The van der Waals surface area contributed by atoms with E-state index in [1.54, 1.807) is 0 Å². The molecule has 5 rings (SSSR count). The summed E-state index contributed by atoms with van der Waals surface area (Å²) in [7, 11) is 0. The van der Waals surface area contributed by atoms with Crippen molar-refractivity contribution < 1.29 is 4.79 Å². The summed E-state index contributed by atoms with van der Waals surface area (Å²) in [4.78, 5) is 31.9. The van der Waals surface area contributed by atoms with Crippen LogP contribution in [-0.4, -0.2) is 45.6 Å². The van der Waals surface area contributed by atoms with Crippen LogP contribution in [0.3, 0.4) is 0 Å². The minimum absolute atomic E-state index is 0.0993. The third-order valence-electron chi connectivity index (χ3n) is 5.47. The Balaban J connectivity index is 1.52. The highest BCUT2D eigenvalue weighted by atomic mass is 16.2. The number of hydrogen-bond donors (Lipinski definition) is 3. The first kappa shape index (κ1) is 15.3. The maximum atomic E-state index is 12.7. The van der Waals surface area contributed by atoms with Crippen LogP contribution in [0, 0.1) is 0 Å². The number of nitrogens with zero attached hydrogens (tertiary/aromatic N) is 2. The van der Waals surface area contributed by atoms with Crippen LogP contribution < -0.4 is 10.5 Å². The molecule has 2 aromatic heterocycles. The average molecular weight is 351 g/mol. The first-order valence-corrected chi connectivity index (χ1v) is 9.20. The van der Waals surface area contributed by atoms with Gasteiger partial charge in [-0.1, -0.05) is 0 Å². The molecule has 7 heteroatoms. The van der Waals surface area contributed by atoms with E-state index in [-0.39, 0.29) is 11.5 Å². The van der Waals surface area contributed by atoms with Crippen LogP contribution in [0.4, 0.5) is 11.5 Å². The fraction of sp³-hybridized carbons (Fsp3) is 0.368. The Labute approximate surface area is 150 Å². The molecule has 26 heavy (non-hydrogen) atoms. The van der Waals surface area contributed by atoms with Crippen molar-refractivity contribution in [1.82, 2.24) is 20.1 Å². The molecule has 0 aliphatic carbocycles. The van der Waals surface area contributed by atoms with Gasteiger partial charge in [-0.2, -0.15) is 0 Å². The average Bonchev–Trinajstić information content (AvgIpc) is 3.40. The normalized spacial score (nSPS) is 17.1. The van der Waals surface area contributed by atoms with Crippen molar-refractivity contribution in [3.63, 3.8) is 0 Å². The number of carbonyl (C=O) groups excluding carboxylic acids is 1. The molecule has 3 N–H and O–H groups in total. The molecule has 0 saturated carbocycles. The lowest BCUT2D eigenvalue weighted by atomic mass is 10.1. The zero-order valence-corrected chi connectivity index (χ0v) is 14.5. The van der Waals surface area contributed by atoms with Gasteiger partial charge in [0.25, 0.3) is 11.5 Å². The number of H-pyrrole nitrogens is 3. The van der Waals surface area contributed by atoms with Crippen molar-refractivity contribution in [2.45, 2.75) is 25.7 Å². The van der Waals surface area contributed by atoms with Crippen molar-refractivity contribution in [1.29, 1.82) is 0 Å². The van der Waals surface area contributed by atoms with Crippen molar-refractivity contribution in [2.75, 3.05) is 24.5 Å². The Kier molecular flexibility index (Phi) is 3.41. The molecule has 2 aliphatic rings. The van der Waals surface area contributed by atoms with Crippen LogP contribution in [0.2, 0.25) is 0 Å². The molecule has 1 saturated heterocycles. The van der Waals surface area contributed by atoms with Crippen molar-refractivity contribution >= 4 is 28.3 Å². The van der Waals surface area contributed by atoms with E-state index in [1.807, 2.05) is 29.2 Å². The summed E-state index contributed by atoms with van der Waals surface area (Å²) in [6, 6.07) is 7.79. The minimum Gasteiger partial charge on any atom is -0.337 e. The number of fused-ring (bicyclic) bond motifs is 2. The van der Waals surface area contributed by atoms with E-state index in [9.17, 15) is 9.59 Å². The van der Waals surface area contributed by atoms with Crippen molar-refractivity contribution in [3.8, 4) is 0 Å². The van der Waals surface area contributed by atoms with Gasteiger partial charge in [-0.3, -0.25) is 19.8 Å². The molecule has 1 aromatic carbocycles. The van der Waals surface area contributed by atoms with Crippen molar-refractivity contribution in [3.05, 3.63) is 45.9 Å². The number of aromatic nitrogens is 3. The molecule has 1 fully saturated rings. The summed E-state index contributed by atoms with van der Waals surface area (Å²) in [6.45, 7) is 2.58. The number of aryl methyl sites for hydroxylation is 1. The Morgan fingerprint density at radius 2 is 1.85 bits per heavy atom. The molecular formula is C19H21N5O2. The quantitative estimate of drug-likeness (QED) is 0.663.